The first kappa shape index (κ1) is 17.5. The third-order valence-electron chi connectivity index (χ3n) is 2.33. The molecule has 106 valence electrons. The molecule has 0 aromatic heterocycles. The minimum absolute atomic E-state index is 0.0112. The normalized spacial score (nSPS) is 12.6. The smallest absolute Gasteiger partial charge is 0.306 e. The number of hydrogen-bond donors (Lipinski definition) is 0. The Morgan fingerprint density at radius 1 is 1.11 bits per heavy atom. The zero-order valence-corrected chi connectivity index (χ0v) is 12.5. The number of hydrogen-bond acceptors (Lipinski definition) is 4. The van der Waals surface area contributed by atoms with Gasteiger partial charge in [-0.3, -0.25) is 9.59 Å². The average Bonchev–Trinajstić information content (AvgIpc) is 2.30. The molecule has 4 nitrogen and oxygen atoms in total. The summed E-state index contributed by atoms with van der Waals surface area (Å²) in [5.74, 6) is -0.629. The highest BCUT2D eigenvalue weighted by molar-refractivity contribution is 6.44. The molecule has 0 spiro atoms. The van der Waals surface area contributed by atoms with E-state index in [-0.39, 0.29) is 37.4 Å². The molecule has 0 aliphatic rings. The summed E-state index contributed by atoms with van der Waals surface area (Å²) in [7, 11) is 0. The van der Waals surface area contributed by atoms with Gasteiger partial charge in [-0.2, -0.15) is 0 Å². The van der Waals surface area contributed by atoms with Gasteiger partial charge in [-0.15, -0.1) is 23.2 Å². The predicted molar refractivity (Wildman–Crippen MR) is 70.7 cm³/mol. The Hall–Kier alpha value is -0.480. The number of alkyl halides is 2. The summed E-state index contributed by atoms with van der Waals surface area (Å²) in [6.45, 7) is 5.85. The topological polar surface area (TPSA) is 52.6 Å². The Bertz CT molecular complexity index is 267. The van der Waals surface area contributed by atoms with Crippen molar-refractivity contribution >= 4 is 35.1 Å². The fourth-order valence-corrected chi connectivity index (χ4v) is 1.48. The monoisotopic (exact) mass is 298 g/mol. The van der Waals surface area contributed by atoms with Gasteiger partial charge in [0.2, 0.25) is 0 Å². The Balaban J connectivity index is 3.85. The summed E-state index contributed by atoms with van der Waals surface area (Å²) in [4.78, 5) is 21.9. The second kappa shape index (κ2) is 9.45. The lowest BCUT2D eigenvalue weighted by atomic mass is 10.1. The summed E-state index contributed by atoms with van der Waals surface area (Å²) >= 11 is 10.8. The maximum absolute atomic E-state index is 11.5. The van der Waals surface area contributed by atoms with Gasteiger partial charge in [0, 0.05) is 0 Å². The van der Waals surface area contributed by atoms with E-state index in [0.29, 0.717) is 0 Å². The predicted octanol–water partition coefficient (Wildman–Crippen LogP) is 3.09. The Labute approximate surface area is 118 Å². The molecule has 0 rings (SSSR count). The number of halogens is 2. The molecule has 0 aromatic carbocycles. The first-order chi connectivity index (χ1) is 8.36. The minimum Gasteiger partial charge on any atom is -0.463 e. The van der Waals surface area contributed by atoms with E-state index in [1.54, 1.807) is 0 Å². The van der Waals surface area contributed by atoms with Crippen LogP contribution in [0.4, 0.5) is 0 Å². The molecule has 0 radical (unpaired) electrons. The van der Waals surface area contributed by atoms with Crippen LogP contribution in [-0.4, -0.2) is 29.5 Å². The van der Waals surface area contributed by atoms with Crippen molar-refractivity contribution in [3.05, 3.63) is 0 Å². The number of esters is 2. The van der Waals surface area contributed by atoms with Gasteiger partial charge in [0.05, 0.1) is 12.8 Å². The summed E-state index contributed by atoms with van der Waals surface area (Å²) in [6.07, 6.45) is 0.641. The number of carbonyl (C=O) groups excluding carboxylic acids is 2. The summed E-state index contributed by atoms with van der Waals surface area (Å²) in [5, 5.41) is 0. The van der Waals surface area contributed by atoms with E-state index in [1.165, 1.54) is 0 Å². The second-order valence-electron chi connectivity index (χ2n) is 4.25. The van der Waals surface area contributed by atoms with Crippen molar-refractivity contribution in [2.45, 2.75) is 51.0 Å². The molecule has 18 heavy (non-hydrogen) atoms. The van der Waals surface area contributed by atoms with Gasteiger partial charge in [-0.25, -0.2) is 0 Å². The molecule has 0 aliphatic carbocycles. The molecule has 0 N–H and O–H groups in total. The van der Waals surface area contributed by atoms with E-state index < -0.39 is 10.8 Å². The van der Waals surface area contributed by atoms with E-state index >= 15 is 0 Å². The third kappa shape index (κ3) is 8.59. The minimum atomic E-state index is -0.744. The largest absolute Gasteiger partial charge is 0.463 e. The Morgan fingerprint density at radius 2 is 1.67 bits per heavy atom. The van der Waals surface area contributed by atoms with Gasteiger partial charge in [0.1, 0.15) is 17.5 Å². The fraction of sp³-hybridized carbons (Fsp3) is 0.833. The lowest BCUT2D eigenvalue weighted by Gasteiger charge is -2.19. The molecule has 1 atom stereocenters. The molecule has 0 saturated carbocycles. The van der Waals surface area contributed by atoms with Crippen LogP contribution in [-0.2, 0) is 19.1 Å². The van der Waals surface area contributed by atoms with Crippen molar-refractivity contribution in [2.24, 2.45) is 5.92 Å². The molecule has 6 heteroatoms. The maximum atomic E-state index is 11.5. The zero-order valence-electron chi connectivity index (χ0n) is 10.9. The van der Waals surface area contributed by atoms with Crippen molar-refractivity contribution in [2.75, 3.05) is 6.61 Å². The van der Waals surface area contributed by atoms with Crippen LogP contribution < -0.4 is 0 Å². The van der Waals surface area contributed by atoms with E-state index in [9.17, 15) is 9.59 Å². The quantitative estimate of drug-likeness (QED) is 0.510. The highest BCUT2D eigenvalue weighted by Crippen LogP contribution is 2.12. The first-order valence-corrected chi connectivity index (χ1v) is 6.87. The van der Waals surface area contributed by atoms with Crippen molar-refractivity contribution in [3.8, 4) is 0 Å². The average molecular weight is 299 g/mol. The van der Waals surface area contributed by atoms with Crippen LogP contribution in [0.2, 0.25) is 0 Å². The highest BCUT2D eigenvalue weighted by atomic mass is 35.5. The van der Waals surface area contributed by atoms with Crippen LogP contribution in [0.15, 0.2) is 0 Å². The van der Waals surface area contributed by atoms with Crippen molar-refractivity contribution in [1.82, 2.24) is 0 Å². The van der Waals surface area contributed by atoms with E-state index in [2.05, 4.69) is 0 Å². The third-order valence-corrected chi connectivity index (χ3v) is 2.58. The molecular formula is C12H20Cl2O4. The maximum Gasteiger partial charge on any atom is 0.306 e. The van der Waals surface area contributed by atoms with Crippen LogP contribution >= 0.6 is 23.2 Å². The van der Waals surface area contributed by atoms with Crippen molar-refractivity contribution in [3.63, 3.8) is 0 Å². The molecule has 0 fully saturated rings. The SMILES string of the molecule is CCC(OC(=O)CCC(=O)OCC(Cl)Cl)C(C)C. The lowest BCUT2D eigenvalue weighted by molar-refractivity contribution is -0.155. The van der Waals surface area contributed by atoms with Crippen LogP contribution in [0.1, 0.15) is 40.0 Å². The van der Waals surface area contributed by atoms with Gasteiger partial charge in [-0.1, -0.05) is 20.8 Å². The van der Waals surface area contributed by atoms with Gasteiger partial charge in [-0.05, 0) is 12.3 Å². The van der Waals surface area contributed by atoms with E-state index in [0.717, 1.165) is 6.42 Å². The summed E-state index contributed by atoms with van der Waals surface area (Å²) in [6, 6.07) is 0. The Kier molecular flexibility index (Phi) is 9.20. The summed E-state index contributed by atoms with van der Waals surface area (Å²) < 4.78 is 9.96. The Morgan fingerprint density at radius 3 is 2.11 bits per heavy atom. The molecule has 1 unspecified atom stereocenters. The van der Waals surface area contributed by atoms with Crippen molar-refractivity contribution < 1.29 is 19.1 Å². The zero-order chi connectivity index (χ0) is 14.1. The lowest BCUT2D eigenvalue weighted by Crippen LogP contribution is -2.23. The van der Waals surface area contributed by atoms with Crippen LogP contribution in [0, 0.1) is 5.92 Å². The molecule has 0 saturated heterocycles. The molecule has 0 aromatic rings. The first-order valence-electron chi connectivity index (χ1n) is 6.00. The van der Waals surface area contributed by atoms with Gasteiger partial charge >= 0.3 is 11.9 Å². The summed E-state index contributed by atoms with van der Waals surface area (Å²) in [5.41, 5.74) is 0. The van der Waals surface area contributed by atoms with Crippen molar-refractivity contribution in [1.29, 1.82) is 0 Å². The molecular weight excluding hydrogens is 279 g/mol. The van der Waals surface area contributed by atoms with Crippen LogP contribution in [0.5, 0.6) is 0 Å². The number of ether oxygens (including phenoxy) is 2. The van der Waals surface area contributed by atoms with Gasteiger partial charge < -0.3 is 9.47 Å². The standard InChI is InChI=1S/C12H20Cl2O4/c1-4-9(8(2)3)18-12(16)6-5-11(15)17-7-10(13)14/h8-10H,4-7H2,1-3H3. The van der Waals surface area contributed by atoms with Crippen LogP contribution in [0.25, 0.3) is 0 Å². The highest BCUT2D eigenvalue weighted by Gasteiger charge is 2.17. The van der Waals surface area contributed by atoms with Gasteiger partial charge in [0.25, 0.3) is 0 Å². The molecule has 0 aliphatic heterocycles. The number of rotatable bonds is 8. The van der Waals surface area contributed by atoms with E-state index in [4.69, 9.17) is 32.7 Å². The molecule has 0 amide bonds. The van der Waals surface area contributed by atoms with E-state index in [1.807, 2.05) is 20.8 Å². The molecule has 0 heterocycles. The van der Waals surface area contributed by atoms with Gasteiger partial charge in [0.15, 0.2) is 0 Å². The molecule has 0 bridgehead atoms. The fourth-order valence-electron chi connectivity index (χ4n) is 1.35. The number of carbonyl (C=O) groups is 2. The van der Waals surface area contributed by atoms with Crippen LogP contribution in [0.3, 0.4) is 0 Å². The second-order valence-corrected chi connectivity index (χ2v) is 5.53.